The molecule has 0 spiro atoms. The van der Waals surface area contributed by atoms with Gasteiger partial charge in [-0.05, 0) is 30.5 Å². The maximum atomic E-state index is 13.9. The molecule has 0 bridgehead atoms. The first-order valence-electron chi connectivity index (χ1n) is 15.6. The zero-order valence-electron chi connectivity index (χ0n) is 27.1. The number of quaternary nitrogens is 1. The molecule has 2 saturated heterocycles. The number of aliphatic carboxylic acids is 1. The summed E-state index contributed by atoms with van der Waals surface area (Å²) in [7, 11) is 8.03. The minimum atomic E-state index is -0.892. The SMILES string of the molecule is CCCCN(CCC[N+](C)(C)C)C(=O)CN1C[C@H](c2cc(OC)c3c(c2)OCO3)[C@@H](C(=O)O)[C@@H]1CC(C)(C)C1OCCO1. The number of methoxy groups -OCH3 is 1. The smallest absolute Gasteiger partial charge is 0.308 e. The van der Waals surface area contributed by atoms with Crippen molar-refractivity contribution in [3.63, 3.8) is 0 Å². The van der Waals surface area contributed by atoms with Crippen LogP contribution in [0, 0.1) is 11.3 Å². The van der Waals surface area contributed by atoms with E-state index in [0.29, 0.717) is 56.5 Å². The minimum Gasteiger partial charge on any atom is -0.493 e. The van der Waals surface area contributed by atoms with Crippen LogP contribution in [-0.4, -0.2) is 125 Å². The molecule has 1 aromatic rings. The van der Waals surface area contributed by atoms with E-state index in [-0.39, 0.29) is 25.2 Å². The third-order valence-electron chi connectivity index (χ3n) is 8.87. The van der Waals surface area contributed by atoms with Crippen LogP contribution in [0.1, 0.15) is 57.9 Å². The maximum absolute atomic E-state index is 13.9. The number of unbranched alkanes of at least 4 members (excludes halogenated alkanes) is 1. The van der Waals surface area contributed by atoms with Gasteiger partial charge in [0.2, 0.25) is 18.4 Å². The number of hydrogen-bond donors (Lipinski definition) is 1. The van der Waals surface area contributed by atoms with Gasteiger partial charge in [-0.1, -0.05) is 27.2 Å². The highest BCUT2D eigenvalue weighted by molar-refractivity contribution is 5.79. The van der Waals surface area contributed by atoms with Crippen LogP contribution in [0.2, 0.25) is 0 Å². The van der Waals surface area contributed by atoms with Crippen LogP contribution in [0.3, 0.4) is 0 Å². The quantitative estimate of drug-likeness (QED) is 0.301. The number of carboxylic acid groups (broad SMARTS) is 1. The molecular formula is C32H52N3O8+. The molecule has 1 amide bonds. The summed E-state index contributed by atoms with van der Waals surface area (Å²) in [5.74, 6) is -0.424. The average molecular weight is 607 g/mol. The van der Waals surface area contributed by atoms with E-state index in [2.05, 4.69) is 46.8 Å². The molecule has 0 radical (unpaired) electrons. The Morgan fingerprint density at radius 2 is 1.81 bits per heavy atom. The number of carbonyl (C=O) groups is 2. The second-order valence-corrected chi connectivity index (χ2v) is 13.8. The molecule has 2 fully saturated rings. The average Bonchev–Trinajstić information content (AvgIpc) is 3.70. The molecule has 0 aliphatic carbocycles. The molecule has 1 N–H and O–H groups in total. The van der Waals surface area contributed by atoms with Crippen LogP contribution in [-0.2, 0) is 19.1 Å². The standard InChI is InChI=1S/C32H51N3O8/c1-8-9-11-33(12-10-13-35(4,5)6)27(36)20-34-19-23(22-16-25(39-7)29-26(17-22)42-21-43-29)28(30(37)38)24(34)18-32(2,3)31-40-14-15-41-31/h16-17,23-24,28,31H,8-15,18-21H2,1-7H3/p+1/t23-,24+,28-/m1/s1. The highest BCUT2D eigenvalue weighted by Crippen LogP contribution is 2.48. The zero-order chi connectivity index (χ0) is 31.4. The third kappa shape index (κ3) is 8.12. The summed E-state index contributed by atoms with van der Waals surface area (Å²) in [6, 6.07) is 3.30. The van der Waals surface area contributed by atoms with Gasteiger partial charge in [-0.3, -0.25) is 14.5 Å². The van der Waals surface area contributed by atoms with Crippen molar-refractivity contribution in [3.05, 3.63) is 17.7 Å². The molecule has 11 heteroatoms. The molecule has 11 nitrogen and oxygen atoms in total. The van der Waals surface area contributed by atoms with Gasteiger partial charge in [-0.2, -0.15) is 0 Å². The molecule has 4 rings (SSSR count). The highest BCUT2D eigenvalue weighted by atomic mass is 16.7. The van der Waals surface area contributed by atoms with Crippen LogP contribution < -0.4 is 14.2 Å². The molecule has 3 atom stereocenters. The van der Waals surface area contributed by atoms with Crippen molar-refractivity contribution in [2.45, 2.75) is 64.7 Å². The van der Waals surface area contributed by atoms with Gasteiger partial charge in [0.15, 0.2) is 17.8 Å². The van der Waals surface area contributed by atoms with Crippen molar-refractivity contribution in [2.75, 3.05) is 81.0 Å². The molecule has 0 aromatic heterocycles. The van der Waals surface area contributed by atoms with E-state index in [0.717, 1.165) is 35.9 Å². The number of carboxylic acids is 1. The minimum absolute atomic E-state index is 0.0408. The van der Waals surface area contributed by atoms with Crippen LogP contribution in [0.5, 0.6) is 17.2 Å². The van der Waals surface area contributed by atoms with Crippen molar-refractivity contribution in [2.24, 2.45) is 11.3 Å². The Labute approximate surface area is 256 Å². The summed E-state index contributed by atoms with van der Waals surface area (Å²) in [4.78, 5) is 31.0. The fourth-order valence-electron chi connectivity index (χ4n) is 6.61. The van der Waals surface area contributed by atoms with Gasteiger partial charge in [0, 0.05) is 43.4 Å². The first kappa shape index (κ1) is 33.3. The lowest BCUT2D eigenvalue weighted by molar-refractivity contribution is -0.870. The number of nitrogens with zero attached hydrogens (tertiary/aromatic N) is 3. The largest absolute Gasteiger partial charge is 0.493 e. The molecule has 0 unspecified atom stereocenters. The zero-order valence-corrected chi connectivity index (χ0v) is 27.1. The van der Waals surface area contributed by atoms with Gasteiger partial charge >= 0.3 is 5.97 Å². The summed E-state index contributed by atoms with van der Waals surface area (Å²) >= 11 is 0. The lowest BCUT2D eigenvalue weighted by Gasteiger charge is -2.37. The lowest BCUT2D eigenvalue weighted by atomic mass is 9.77. The van der Waals surface area contributed by atoms with Crippen molar-refractivity contribution in [1.29, 1.82) is 0 Å². The number of hydrogen-bond acceptors (Lipinski definition) is 8. The molecule has 1 aromatic carbocycles. The van der Waals surface area contributed by atoms with Gasteiger partial charge in [-0.15, -0.1) is 0 Å². The number of rotatable bonds is 15. The van der Waals surface area contributed by atoms with E-state index in [1.807, 2.05) is 17.0 Å². The van der Waals surface area contributed by atoms with Crippen LogP contribution in [0.4, 0.5) is 0 Å². The van der Waals surface area contributed by atoms with E-state index >= 15 is 0 Å². The Morgan fingerprint density at radius 3 is 2.44 bits per heavy atom. The maximum Gasteiger partial charge on any atom is 0.308 e. The Morgan fingerprint density at radius 1 is 1.12 bits per heavy atom. The second-order valence-electron chi connectivity index (χ2n) is 13.8. The molecule has 242 valence electrons. The number of amides is 1. The van der Waals surface area contributed by atoms with Crippen LogP contribution >= 0.6 is 0 Å². The Kier molecular flexibility index (Phi) is 10.8. The Bertz CT molecular complexity index is 1110. The summed E-state index contributed by atoms with van der Waals surface area (Å²) in [6.45, 7) is 10.3. The van der Waals surface area contributed by atoms with E-state index in [9.17, 15) is 14.7 Å². The highest BCUT2D eigenvalue weighted by Gasteiger charge is 2.51. The molecule has 43 heavy (non-hydrogen) atoms. The van der Waals surface area contributed by atoms with Gasteiger partial charge in [-0.25, -0.2) is 0 Å². The Balaban J connectivity index is 1.64. The summed E-state index contributed by atoms with van der Waals surface area (Å²) < 4.78 is 29.4. The predicted molar refractivity (Wildman–Crippen MR) is 161 cm³/mol. The predicted octanol–water partition coefficient (Wildman–Crippen LogP) is 3.41. The fourth-order valence-corrected chi connectivity index (χ4v) is 6.61. The number of fused-ring (bicyclic) bond motifs is 1. The van der Waals surface area contributed by atoms with Crippen molar-refractivity contribution >= 4 is 11.9 Å². The van der Waals surface area contributed by atoms with E-state index in [1.165, 1.54) is 0 Å². The molecule has 3 heterocycles. The summed E-state index contributed by atoms with van der Waals surface area (Å²) in [5.41, 5.74) is 0.329. The van der Waals surface area contributed by atoms with E-state index < -0.39 is 29.6 Å². The molecule has 3 aliphatic heterocycles. The number of carbonyl (C=O) groups excluding carboxylic acids is 1. The van der Waals surface area contributed by atoms with Gasteiger partial charge in [0.05, 0.1) is 60.5 Å². The number of ether oxygens (including phenoxy) is 5. The first-order valence-corrected chi connectivity index (χ1v) is 15.6. The van der Waals surface area contributed by atoms with Crippen LogP contribution in [0.15, 0.2) is 12.1 Å². The lowest BCUT2D eigenvalue weighted by Crippen LogP contribution is -2.47. The Hall–Kier alpha value is -2.60. The van der Waals surface area contributed by atoms with E-state index in [4.69, 9.17) is 23.7 Å². The second kappa shape index (κ2) is 14.0. The fraction of sp³-hybridized carbons (Fsp3) is 0.750. The van der Waals surface area contributed by atoms with Crippen molar-refractivity contribution in [3.8, 4) is 17.2 Å². The molecule has 0 saturated carbocycles. The third-order valence-corrected chi connectivity index (χ3v) is 8.87. The summed E-state index contributed by atoms with van der Waals surface area (Å²) in [6.07, 6.45) is 2.90. The van der Waals surface area contributed by atoms with Crippen molar-refractivity contribution < 1.29 is 42.9 Å². The van der Waals surface area contributed by atoms with E-state index in [1.54, 1.807) is 7.11 Å². The van der Waals surface area contributed by atoms with Gasteiger partial charge in [0.25, 0.3) is 0 Å². The molecular weight excluding hydrogens is 554 g/mol. The monoisotopic (exact) mass is 606 g/mol. The molecule has 3 aliphatic rings. The van der Waals surface area contributed by atoms with Crippen LogP contribution in [0.25, 0.3) is 0 Å². The summed E-state index contributed by atoms with van der Waals surface area (Å²) in [5, 5.41) is 10.7. The number of likely N-dealkylation sites (tertiary alicyclic amines) is 1. The van der Waals surface area contributed by atoms with Crippen molar-refractivity contribution in [1.82, 2.24) is 9.80 Å². The first-order chi connectivity index (χ1) is 20.3. The number of benzene rings is 1. The van der Waals surface area contributed by atoms with Gasteiger partial charge < -0.3 is 38.2 Å². The topological polar surface area (TPSA) is 107 Å². The normalized spacial score (nSPS) is 22.7. The van der Waals surface area contributed by atoms with Gasteiger partial charge in [0.1, 0.15) is 0 Å².